The molecule has 0 spiro atoms. The van der Waals surface area contributed by atoms with Crippen LogP contribution in [0.15, 0.2) is 54.6 Å². The highest BCUT2D eigenvalue weighted by Gasteiger charge is 2.45. The van der Waals surface area contributed by atoms with Crippen molar-refractivity contribution in [1.29, 1.82) is 0 Å². The van der Waals surface area contributed by atoms with E-state index in [2.05, 4.69) is 0 Å². The van der Waals surface area contributed by atoms with E-state index in [1.807, 2.05) is 54.6 Å². The molecule has 2 aliphatic rings. The number of hydrogen-bond acceptors (Lipinski definition) is 5. The third-order valence-corrected chi connectivity index (χ3v) is 7.96. The molecule has 156 valence electrons. The number of piperidine rings is 1. The highest BCUT2D eigenvalue weighted by Crippen LogP contribution is 2.36. The number of rotatable bonds is 6. The van der Waals surface area contributed by atoms with Gasteiger partial charge in [0.2, 0.25) is 10.0 Å². The fourth-order valence-electron chi connectivity index (χ4n) is 4.08. The first-order chi connectivity index (χ1) is 14.1. The normalized spacial score (nSPS) is 23.9. The summed E-state index contributed by atoms with van der Waals surface area (Å²) in [4.78, 5) is 5.64. The Morgan fingerprint density at radius 3 is 2.38 bits per heavy atom. The Kier molecular flexibility index (Phi) is 6.20. The smallest absolute Gasteiger partial charge is 0.221 e. The summed E-state index contributed by atoms with van der Waals surface area (Å²) >= 11 is 0. The molecule has 2 aromatic rings. The van der Waals surface area contributed by atoms with Gasteiger partial charge in [-0.25, -0.2) is 12.7 Å². The van der Waals surface area contributed by atoms with Crippen LogP contribution in [0, 0.1) is 0 Å². The summed E-state index contributed by atoms with van der Waals surface area (Å²) in [7, 11) is -1.61. The molecule has 2 atom stereocenters. The Morgan fingerprint density at radius 1 is 1.00 bits per heavy atom. The summed E-state index contributed by atoms with van der Waals surface area (Å²) in [6, 6.07) is 17.3. The van der Waals surface area contributed by atoms with Crippen molar-refractivity contribution in [3.8, 4) is 5.75 Å². The predicted molar refractivity (Wildman–Crippen MR) is 112 cm³/mol. The molecule has 0 aromatic heterocycles. The SMILES string of the molecule is CN1OC[C@@H](S(=O)(=O)N2CCCCC2)[C@H]1c1ccc(OCc2ccccc2)cc1. The highest BCUT2D eigenvalue weighted by molar-refractivity contribution is 7.89. The maximum Gasteiger partial charge on any atom is 0.221 e. The molecular weight excluding hydrogens is 388 g/mol. The lowest BCUT2D eigenvalue weighted by atomic mass is 10.0. The summed E-state index contributed by atoms with van der Waals surface area (Å²) in [5.74, 6) is 0.759. The number of hydrogen-bond donors (Lipinski definition) is 0. The van der Waals surface area contributed by atoms with E-state index in [1.54, 1.807) is 16.4 Å². The Bertz CT molecular complexity index is 896. The zero-order chi connectivity index (χ0) is 20.3. The third-order valence-electron chi connectivity index (χ3n) is 5.71. The van der Waals surface area contributed by atoms with Gasteiger partial charge < -0.3 is 4.74 Å². The van der Waals surface area contributed by atoms with E-state index in [4.69, 9.17) is 9.57 Å². The monoisotopic (exact) mass is 416 g/mol. The van der Waals surface area contributed by atoms with Crippen LogP contribution >= 0.6 is 0 Å². The van der Waals surface area contributed by atoms with E-state index < -0.39 is 15.3 Å². The topological polar surface area (TPSA) is 59.1 Å². The van der Waals surface area contributed by atoms with Gasteiger partial charge in [-0.1, -0.05) is 48.9 Å². The van der Waals surface area contributed by atoms with Gasteiger partial charge in [0.15, 0.2) is 0 Å². The second-order valence-electron chi connectivity index (χ2n) is 7.67. The average Bonchev–Trinajstić information content (AvgIpc) is 3.16. The van der Waals surface area contributed by atoms with Crippen molar-refractivity contribution in [3.63, 3.8) is 0 Å². The number of ether oxygens (including phenoxy) is 1. The van der Waals surface area contributed by atoms with Gasteiger partial charge in [0.25, 0.3) is 0 Å². The quantitative estimate of drug-likeness (QED) is 0.723. The minimum Gasteiger partial charge on any atom is -0.489 e. The molecule has 0 saturated carbocycles. The number of benzene rings is 2. The van der Waals surface area contributed by atoms with Crippen LogP contribution in [0.1, 0.15) is 36.4 Å². The lowest BCUT2D eigenvalue weighted by Gasteiger charge is -2.31. The van der Waals surface area contributed by atoms with Gasteiger partial charge in [-0.15, -0.1) is 0 Å². The van der Waals surface area contributed by atoms with E-state index >= 15 is 0 Å². The standard InChI is InChI=1S/C22H28N2O4S/c1-23-22(21(17-28-23)29(25,26)24-14-6-3-7-15-24)19-10-12-20(13-11-19)27-16-18-8-4-2-5-9-18/h2,4-5,8-13,21-22H,3,6-7,14-17H2,1H3/t21-,22-/m1/s1. The largest absolute Gasteiger partial charge is 0.489 e. The van der Waals surface area contributed by atoms with E-state index in [-0.39, 0.29) is 12.6 Å². The molecule has 2 fully saturated rings. The molecule has 0 bridgehead atoms. The first kappa shape index (κ1) is 20.3. The second kappa shape index (κ2) is 8.83. The molecule has 0 amide bonds. The maximum absolute atomic E-state index is 13.2. The Labute approximate surface area is 173 Å². The summed E-state index contributed by atoms with van der Waals surface area (Å²) < 4.78 is 34.0. The van der Waals surface area contributed by atoms with Gasteiger partial charge in [-0.2, -0.15) is 5.06 Å². The van der Waals surface area contributed by atoms with E-state index in [9.17, 15) is 8.42 Å². The van der Waals surface area contributed by atoms with Crippen LogP contribution in [0.4, 0.5) is 0 Å². The Morgan fingerprint density at radius 2 is 1.69 bits per heavy atom. The zero-order valence-corrected chi connectivity index (χ0v) is 17.6. The van der Waals surface area contributed by atoms with Gasteiger partial charge in [0.05, 0.1) is 12.6 Å². The highest BCUT2D eigenvalue weighted by atomic mass is 32.2. The van der Waals surface area contributed by atoms with Crippen molar-refractivity contribution in [2.75, 3.05) is 26.7 Å². The fourth-order valence-corrected chi connectivity index (χ4v) is 6.12. The molecule has 2 aliphatic heterocycles. The van der Waals surface area contributed by atoms with Gasteiger partial charge in [0.1, 0.15) is 17.6 Å². The summed E-state index contributed by atoms with van der Waals surface area (Å²) in [6.07, 6.45) is 2.96. The molecule has 2 aromatic carbocycles. The van der Waals surface area contributed by atoms with Gasteiger partial charge >= 0.3 is 0 Å². The average molecular weight is 417 g/mol. The van der Waals surface area contributed by atoms with Crippen molar-refractivity contribution in [2.24, 2.45) is 0 Å². The molecule has 2 saturated heterocycles. The van der Waals surface area contributed by atoms with Crippen LogP contribution in [-0.2, 0) is 21.5 Å². The molecular formula is C22H28N2O4S. The van der Waals surface area contributed by atoms with E-state index in [1.165, 1.54) is 0 Å². The fraction of sp³-hybridized carbons (Fsp3) is 0.455. The molecule has 7 heteroatoms. The van der Waals surface area contributed by atoms with Crippen molar-refractivity contribution in [3.05, 3.63) is 65.7 Å². The number of nitrogens with zero attached hydrogens (tertiary/aromatic N) is 2. The van der Waals surface area contributed by atoms with Gasteiger partial charge in [-0.3, -0.25) is 4.84 Å². The summed E-state index contributed by atoms with van der Waals surface area (Å²) in [5, 5.41) is 1.08. The minimum atomic E-state index is -3.41. The van der Waals surface area contributed by atoms with Crippen molar-refractivity contribution >= 4 is 10.0 Å². The Balaban J connectivity index is 1.48. The summed E-state index contributed by atoms with van der Waals surface area (Å²) in [6.45, 7) is 1.91. The van der Waals surface area contributed by atoms with Gasteiger partial charge in [0, 0.05) is 20.1 Å². The zero-order valence-electron chi connectivity index (χ0n) is 16.7. The molecule has 0 radical (unpaired) electrons. The molecule has 0 N–H and O–H groups in total. The maximum atomic E-state index is 13.2. The number of hydroxylamine groups is 2. The lowest BCUT2D eigenvalue weighted by molar-refractivity contribution is -0.110. The van der Waals surface area contributed by atoms with E-state index in [0.717, 1.165) is 36.1 Å². The molecule has 0 unspecified atom stereocenters. The van der Waals surface area contributed by atoms with Crippen LogP contribution in [0.2, 0.25) is 0 Å². The molecule has 6 nitrogen and oxygen atoms in total. The third kappa shape index (κ3) is 4.48. The van der Waals surface area contributed by atoms with Gasteiger partial charge in [-0.05, 0) is 36.1 Å². The first-order valence-corrected chi connectivity index (χ1v) is 11.7. The van der Waals surface area contributed by atoms with Crippen molar-refractivity contribution in [1.82, 2.24) is 9.37 Å². The molecule has 4 rings (SSSR count). The van der Waals surface area contributed by atoms with E-state index in [0.29, 0.717) is 19.7 Å². The predicted octanol–water partition coefficient (Wildman–Crippen LogP) is 3.37. The Hall–Kier alpha value is -1.93. The van der Waals surface area contributed by atoms with Crippen molar-refractivity contribution < 1.29 is 18.0 Å². The molecule has 2 heterocycles. The van der Waals surface area contributed by atoms with Crippen LogP contribution in [0.25, 0.3) is 0 Å². The first-order valence-electron chi connectivity index (χ1n) is 10.2. The minimum absolute atomic E-state index is 0.187. The number of sulfonamides is 1. The summed E-state index contributed by atoms with van der Waals surface area (Å²) in [5.41, 5.74) is 2.02. The van der Waals surface area contributed by atoms with Crippen molar-refractivity contribution in [2.45, 2.75) is 37.2 Å². The second-order valence-corrected chi connectivity index (χ2v) is 9.83. The molecule has 0 aliphatic carbocycles. The van der Waals surface area contributed by atoms with Crippen LogP contribution < -0.4 is 4.74 Å². The lowest BCUT2D eigenvalue weighted by Crippen LogP contribution is -2.44. The van der Waals surface area contributed by atoms with Crippen LogP contribution in [0.3, 0.4) is 0 Å². The molecule has 29 heavy (non-hydrogen) atoms. The van der Waals surface area contributed by atoms with Crippen LogP contribution in [0.5, 0.6) is 5.75 Å². The van der Waals surface area contributed by atoms with Crippen LogP contribution in [-0.4, -0.2) is 49.8 Å².